The highest BCUT2D eigenvalue weighted by atomic mass is 19.1. The van der Waals surface area contributed by atoms with Crippen molar-refractivity contribution >= 4 is 0 Å². The van der Waals surface area contributed by atoms with Crippen LogP contribution >= 0.6 is 0 Å². The van der Waals surface area contributed by atoms with Crippen LogP contribution in [0.1, 0.15) is 37.8 Å². The highest BCUT2D eigenvalue weighted by molar-refractivity contribution is 5.39. The Morgan fingerprint density at radius 2 is 2.19 bits per heavy atom. The summed E-state index contributed by atoms with van der Waals surface area (Å²) in [5.74, 6) is 1.49. The summed E-state index contributed by atoms with van der Waals surface area (Å²) in [5, 5.41) is 13.8. The second-order valence-corrected chi connectivity index (χ2v) is 6.32. The molecular weight excluding hydrogens is 339 g/mol. The van der Waals surface area contributed by atoms with Crippen LogP contribution in [0.2, 0.25) is 0 Å². The van der Waals surface area contributed by atoms with Gasteiger partial charge in [-0.15, -0.1) is 0 Å². The Labute approximate surface area is 150 Å². The Morgan fingerprint density at radius 3 is 2.85 bits per heavy atom. The molecule has 2 heterocycles. The highest BCUT2D eigenvalue weighted by Crippen LogP contribution is 2.23. The molecule has 0 aliphatic heterocycles. The first kappa shape index (κ1) is 18.0. The van der Waals surface area contributed by atoms with E-state index in [1.807, 2.05) is 6.07 Å². The van der Waals surface area contributed by atoms with Crippen molar-refractivity contribution in [2.75, 3.05) is 7.11 Å². The number of ether oxygens (including phenoxy) is 1. The van der Waals surface area contributed by atoms with Crippen molar-refractivity contribution in [2.24, 2.45) is 5.92 Å². The van der Waals surface area contributed by atoms with E-state index in [0.717, 1.165) is 12.0 Å². The van der Waals surface area contributed by atoms with E-state index in [9.17, 15) is 4.39 Å². The molecule has 1 atom stereocenters. The van der Waals surface area contributed by atoms with Crippen LogP contribution in [0.3, 0.4) is 0 Å². The van der Waals surface area contributed by atoms with E-state index in [-0.39, 0.29) is 11.8 Å². The van der Waals surface area contributed by atoms with E-state index in [4.69, 9.17) is 9.26 Å². The van der Waals surface area contributed by atoms with Crippen molar-refractivity contribution < 1.29 is 13.7 Å². The van der Waals surface area contributed by atoms with Crippen molar-refractivity contribution in [1.82, 2.24) is 30.6 Å². The van der Waals surface area contributed by atoms with Gasteiger partial charge < -0.3 is 14.6 Å². The number of aromatic amines is 1. The molecule has 0 bridgehead atoms. The normalized spacial score (nSPS) is 12.5. The van der Waals surface area contributed by atoms with Gasteiger partial charge in [0.25, 0.3) is 0 Å². The quantitative estimate of drug-likeness (QED) is 0.637. The van der Waals surface area contributed by atoms with Gasteiger partial charge in [-0.05, 0) is 30.0 Å². The lowest BCUT2D eigenvalue weighted by molar-refractivity contribution is 0.303. The maximum Gasteiger partial charge on any atom is 0.244 e. The second-order valence-electron chi connectivity index (χ2n) is 6.32. The van der Waals surface area contributed by atoms with Crippen molar-refractivity contribution in [3.8, 4) is 17.4 Å². The van der Waals surface area contributed by atoms with E-state index >= 15 is 0 Å². The first-order chi connectivity index (χ1) is 12.6. The minimum atomic E-state index is -0.391. The molecule has 0 saturated carbocycles. The second kappa shape index (κ2) is 8.05. The van der Waals surface area contributed by atoms with Crippen LogP contribution in [-0.2, 0) is 6.54 Å². The fourth-order valence-corrected chi connectivity index (χ4v) is 2.59. The third-order valence-corrected chi connectivity index (χ3v) is 3.84. The maximum absolute atomic E-state index is 13.9. The highest BCUT2D eigenvalue weighted by Gasteiger charge is 2.21. The van der Waals surface area contributed by atoms with Crippen molar-refractivity contribution in [3.05, 3.63) is 41.8 Å². The third-order valence-electron chi connectivity index (χ3n) is 3.84. The number of rotatable bonds is 8. The summed E-state index contributed by atoms with van der Waals surface area (Å²) in [7, 11) is 1.44. The Kier molecular flexibility index (Phi) is 5.57. The maximum atomic E-state index is 13.9. The zero-order valence-electron chi connectivity index (χ0n) is 14.9. The minimum absolute atomic E-state index is 0.163. The Bertz CT molecular complexity index is 834. The molecule has 3 aromatic rings. The zero-order chi connectivity index (χ0) is 18.5. The van der Waals surface area contributed by atoms with Gasteiger partial charge in [-0.3, -0.25) is 5.10 Å². The first-order valence-electron chi connectivity index (χ1n) is 8.32. The number of nitrogens with one attached hydrogen (secondary N) is 2. The van der Waals surface area contributed by atoms with Crippen LogP contribution in [-0.4, -0.2) is 32.4 Å². The van der Waals surface area contributed by atoms with Gasteiger partial charge in [-0.1, -0.05) is 25.1 Å². The smallest absolute Gasteiger partial charge is 0.244 e. The molecule has 3 rings (SSSR count). The molecule has 0 fully saturated rings. The van der Waals surface area contributed by atoms with Gasteiger partial charge in [0.15, 0.2) is 17.4 Å². The van der Waals surface area contributed by atoms with Gasteiger partial charge in [-0.2, -0.15) is 10.1 Å². The number of hydrogen-bond acceptors (Lipinski definition) is 7. The van der Waals surface area contributed by atoms with Gasteiger partial charge in [-0.25, -0.2) is 9.37 Å². The average molecular weight is 360 g/mol. The lowest BCUT2D eigenvalue weighted by atomic mass is 10.0. The van der Waals surface area contributed by atoms with Gasteiger partial charge in [0, 0.05) is 6.54 Å². The molecule has 1 aromatic carbocycles. The van der Waals surface area contributed by atoms with E-state index in [2.05, 4.69) is 44.5 Å². The monoisotopic (exact) mass is 360 g/mol. The minimum Gasteiger partial charge on any atom is -0.494 e. The van der Waals surface area contributed by atoms with Crippen LogP contribution in [0.4, 0.5) is 4.39 Å². The lowest BCUT2D eigenvalue weighted by Crippen LogP contribution is -2.23. The van der Waals surface area contributed by atoms with Crippen molar-refractivity contribution in [2.45, 2.75) is 32.9 Å². The number of methoxy groups -OCH3 is 1. The molecule has 0 aliphatic carbocycles. The molecule has 0 radical (unpaired) electrons. The van der Waals surface area contributed by atoms with E-state index < -0.39 is 5.82 Å². The van der Waals surface area contributed by atoms with Crippen LogP contribution in [0.25, 0.3) is 11.6 Å². The number of benzene rings is 1. The van der Waals surface area contributed by atoms with Gasteiger partial charge in [0.1, 0.15) is 6.33 Å². The lowest BCUT2D eigenvalue weighted by Gasteiger charge is -2.17. The number of H-pyrrole nitrogens is 1. The summed E-state index contributed by atoms with van der Waals surface area (Å²) in [6.45, 7) is 4.67. The standard InChI is InChI=1S/C17H21FN6O2/c1-10(2)6-13(17-22-16(24-26-17)15-20-9-21-23-15)19-8-11-4-5-14(25-3)12(18)7-11/h4-5,7,9-10,13,19H,6,8H2,1-3H3,(H,20,21,23)/t13-/m1/s1. The Balaban J connectivity index is 1.73. The Hall–Kier alpha value is -2.81. The molecule has 2 N–H and O–H groups in total. The molecule has 8 nitrogen and oxygen atoms in total. The first-order valence-corrected chi connectivity index (χ1v) is 8.32. The van der Waals surface area contributed by atoms with Crippen LogP contribution < -0.4 is 10.1 Å². The zero-order valence-corrected chi connectivity index (χ0v) is 14.9. The molecule has 0 aliphatic rings. The van der Waals surface area contributed by atoms with Gasteiger partial charge in [0.2, 0.25) is 11.7 Å². The fraction of sp³-hybridized carbons (Fsp3) is 0.412. The molecular formula is C17H21FN6O2. The number of nitrogens with zero attached hydrogens (tertiary/aromatic N) is 4. The summed E-state index contributed by atoms with van der Waals surface area (Å²) in [6.07, 6.45) is 2.17. The molecule has 9 heteroatoms. The summed E-state index contributed by atoms with van der Waals surface area (Å²) in [5.41, 5.74) is 0.798. The topological polar surface area (TPSA) is 102 Å². The van der Waals surface area contributed by atoms with Gasteiger partial charge >= 0.3 is 0 Å². The predicted octanol–water partition coefficient (Wildman–Crippen LogP) is 2.88. The largest absolute Gasteiger partial charge is 0.494 e. The number of halogens is 1. The van der Waals surface area contributed by atoms with E-state index in [1.54, 1.807) is 6.07 Å². The molecule has 138 valence electrons. The third kappa shape index (κ3) is 4.23. The summed E-state index contributed by atoms with van der Waals surface area (Å²) in [6, 6.07) is 4.71. The molecule has 0 amide bonds. The predicted molar refractivity (Wildman–Crippen MR) is 91.7 cm³/mol. The van der Waals surface area contributed by atoms with Crippen LogP contribution in [0.5, 0.6) is 5.75 Å². The molecule has 26 heavy (non-hydrogen) atoms. The molecule has 0 unspecified atom stereocenters. The number of aromatic nitrogens is 5. The SMILES string of the molecule is COc1ccc(CN[C@H](CC(C)C)c2nc(-c3ncn[nH]3)no2)cc1F. The summed E-state index contributed by atoms with van der Waals surface area (Å²) >= 11 is 0. The van der Waals surface area contributed by atoms with Crippen LogP contribution in [0, 0.1) is 11.7 Å². The summed E-state index contributed by atoms with van der Waals surface area (Å²) in [4.78, 5) is 8.41. The number of hydrogen-bond donors (Lipinski definition) is 2. The van der Waals surface area contributed by atoms with Crippen LogP contribution in [0.15, 0.2) is 29.0 Å². The van der Waals surface area contributed by atoms with Gasteiger partial charge in [0.05, 0.1) is 13.2 Å². The molecule has 0 spiro atoms. The molecule has 2 aromatic heterocycles. The Morgan fingerprint density at radius 1 is 1.35 bits per heavy atom. The van der Waals surface area contributed by atoms with Crippen molar-refractivity contribution in [3.63, 3.8) is 0 Å². The van der Waals surface area contributed by atoms with E-state index in [1.165, 1.54) is 19.5 Å². The average Bonchev–Trinajstić information content (AvgIpc) is 3.29. The molecule has 0 saturated heterocycles. The fourth-order valence-electron chi connectivity index (χ4n) is 2.59. The van der Waals surface area contributed by atoms with E-state index in [0.29, 0.717) is 30.0 Å². The van der Waals surface area contributed by atoms with Crippen molar-refractivity contribution in [1.29, 1.82) is 0 Å². The summed E-state index contributed by atoms with van der Waals surface area (Å²) < 4.78 is 24.2.